The molecule has 0 fully saturated rings. The molecule has 7 heteroatoms. The first-order valence-corrected chi connectivity index (χ1v) is 6.79. The van der Waals surface area contributed by atoms with E-state index in [0.717, 1.165) is 16.1 Å². The van der Waals surface area contributed by atoms with Crippen LogP contribution >= 0.6 is 15.9 Å². The van der Waals surface area contributed by atoms with Crippen LogP contribution in [0.1, 0.15) is 15.9 Å². The standard InChI is InChI=1S/C14H12BrN3O3/c1-8-6-10(3-4-11(8)15)17-12-5-2-9(14(16)19)7-13(12)18(20)21/h2-7,17H,1H3,(H2,16,19). The Morgan fingerprint density at radius 3 is 2.57 bits per heavy atom. The summed E-state index contributed by atoms with van der Waals surface area (Å²) in [5.41, 5.74) is 7.04. The Labute approximate surface area is 129 Å². The molecular weight excluding hydrogens is 338 g/mol. The van der Waals surface area contributed by atoms with Crippen LogP contribution < -0.4 is 11.1 Å². The zero-order valence-electron chi connectivity index (χ0n) is 11.1. The maximum Gasteiger partial charge on any atom is 0.293 e. The molecule has 0 heterocycles. The lowest BCUT2D eigenvalue weighted by atomic mass is 10.1. The van der Waals surface area contributed by atoms with Gasteiger partial charge in [-0.05, 0) is 42.8 Å². The number of nitrogens with two attached hydrogens (primary N) is 1. The molecule has 0 aliphatic carbocycles. The molecule has 0 aliphatic rings. The number of carbonyl (C=O) groups is 1. The molecule has 2 aromatic carbocycles. The van der Waals surface area contributed by atoms with E-state index >= 15 is 0 Å². The van der Waals surface area contributed by atoms with E-state index in [9.17, 15) is 14.9 Å². The quantitative estimate of drug-likeness (QED) is 0.651. The lowest BCUT2D eigenvalue weighted by Crippen LogP contribution is -2.11. The predicted octanol–water partition coefficient (Wildman–Crippen LogP) is 3.51. The first-order chi connectivity index (χ1) is 9.88. The molecule has 6 nitrogen and oxygen atoms in total. The van der Waals surface area contributed by atoms with Crippen molar-refractivity contribution in [2.75, 3.05) is 5.32 Å². The van der Waals surface area contributed by atoms with Gasteiger partial charge in [-0.3, -0.25) is 14.9 Å². The van der Waals surface area contributed by atoms with Crippen molar-refractivity contribution >= 4 is 38.9 Å². The van der Waals surface area contributed by atoms with Crippen LogP contribution in [0.3, 0.4) is 0 Å². The summed E-state index contributed by atoms with van der Waals surface area (Å²) in [6, 6.07) is 9.58. The van der Waals surface area contributed by atoms with Gasteiger partial charge in [-0.25, -0.2) is 0 Å². The van der Waals surface area contributed by atoms with Gasteiger partial charge >= 0.3 is 0 Å². The highest BCUT2D eigenvalue weighted by atomic mass is 79.9. The molecule has 0 aliphatic heterocycles. The third kappa shape index (κ3) is 3.38. The van der Waals surface area contributed by atoms with Crippen LogP contribution in [0.5, 0.6) is 0 Å². The van der Waals surface area contributed by atoms with E-state index in [1.807, 2.05) is 19.1 Å². The Morgan fingerprint density at radius 2 is 2.00 bits per heavy atom. The molecule has 0 atom stereocenters. The van der Waals surface area contributed by atoms with Gasteiger partial charge in [0.05, 0.1) is 4.92 Å². The Morgan fingerprint density at radius 1 is 1.29 bits per heavy atom. The summed E-state index contributed by atoms with van der Waals surface area (Å²) in [6.45, 7) is 1.92. The van der Waals surface area contributed by atoms with Crippen LogP contribution in [0.15, 0.2) is 40.9 Å². The third-order valence-electron chi connectivity index (χ3n) is 2.92. The Balaban J connectivity index is 2.41. The summed E-state index contributed by atoms with van der Waals surface area (Å²) in [7, 11) is 0. The van der Waals surface area contributed by atoms with Crippen LogP contribution in [0.25, 0.3) is 0 Å². The van der Waals surface area contributed by atoms with Gasteiger partial charge < -0.3 is 11.1 Å². The number of halogens is 1. The highest BCUT2D eigenvalue weighted by Gasteiger charge is 2.16. The largest absolute Gasteiger partial charge is 0.366 e. The molecule has 108 valence electrons. The molecule has 0 unspecified atom stereocenters. The van der Waals surface area contributed by atoms with Crippen LogP contribution in [0.2, 0.25) is 0 Å². The van der Waals surface area contributed by atoms with Gasteiger partial charge in [0.25, 0.3) is 5.69 Å². The monoisotopic (exact) mass is 349 g/mol. The number of carbonyl (C=O) groups excluding carboxylic acids is 1. The van der Waals surface area contributed by atoms with E-state index in [-0.39, 0.29) is 11.3 Å². The van der Waals surface area contributed by atoms with Crippen molar-refractivity contribution in [3.63, 3.8) is 0 Å². The molecule has 3 N–H and O–H groups in total. The van der Waals surface area contributed by atoms with E-state index in [1.165, 1.54) is 12.1 Å². The summed E-state index contributed by atoms with van der Waals surface area (Å²) in [5.74, 6) is -0.705. The Bertz CT molecular complexity index is 731. The summed E-state index contributed by atoms with van der Waals surface area (Å²) >= 11 is 3.39. The minimum atomic E-state index is -0.705. The van der Waals surface area contributed by atoms with Crippen LogP contribution in [-0.4, -0.2) is 10.8 Å². The van der Waals surface area contributed by atoms with Crippen molar-refractivity contribution in [1.82, 2.24) is 0 Å². The number of nitro benzene ring substituents is 1. The van der Waals surface area contributed by atoms with Crippen molar-refractivity contribution < 1.29 is 9.72 Å². The van der Waals surface area contributed by atoms with Gasteiger partial charge in [-0.15, -0.1) is 0 Å². The lowest BCUT2D eigenvalue weighted by molar-refractivity contribution is -0.383. The fraction of sp³-hybridized carbons (Fsp3) is 0.0714. The SMILES string of the molecule is Cc1cc(Nc2ccc(C(N)=O)cc2[N+](=O)[O-])ccc1Br. The topological polar surface area (TPSA) is 98.3 Å². The van der Waals surface area contributed by atoms with Crippen molar-refractivity contribution in [3.05, 3.63) is 62.1 Å². The average molecular weight is 350 g/mol. The number of rotatable bonds is 4. The third-order valence-corrected chi connectivity index (χ3v) is 3.81. The minimum absolute atomic E-state index is 0.0965. The van der Waals surface area contributed by atoms with E-state index in [0.29, 0.717) is 11.4 Å². The van der Waals surface area contributed by atoms with Gasteiger partial charge in [-0.2, -0.15) is 0 Å². The molecular formula is C14H12BrN3O3. The molecule has 21 heavy (non-hydrogen) atoms. The highest BCUT2D eigenvalue weighted by Crippen LogP contribution is 2.30. The summed E-state index contributed by atoms with van der Waals surface area (Å²) in [5, 5.41) is 14.1. The molecule has 0 saturated heterocycles. The number of nitro groups is 1. The molecule has 0 bridgehead atoms. The van der Waals surface area contributed by atoms with E-state index < -0.39 is 10.8 Å². The number of amides is 1. The smallest absolute Gasteiger partial charge is 0.293 e. The summed E-state index contributed by atoms with van der Waals surface area (Å²) in [4.78, 5) is 21.7. The molecule has 1 amide bonds. The van der Waals surface area contributed by atoms with Crippen molar-refractivity contribution in [2.45, 2.75) is 6.92 Å². The number of nitrogens with one attached hydrogen (secondary N) is 1. The van der Waals surface area contributed by atoms with Gasteiger partial charge in [-0.1, -0.05) is 15.9 Å². The van der Waals surface area contributed by atoms with Crippen molar-refractivity contribution in [2.24, 2.45) is 5.73 Å². The fourth-order valence-electron chi connectivity index (χ4n) is 1.82. The van der Waals surface area contributed by atoms with E-state index in [1.54, 1.807) is 6.07 Å². The predicted molar refractivity (Wildman–Crippen MR) is 83.8 cm³/mol. The zero-order valence-corrected chi connectivity index (χ0v) is 12.7. The molecule has 0 spiro atoms. The van der Waals surface area contributed by atoms with Gasteiger partial charge in [0.2, 0.25) is 5.91 Å². The molecule has 2 rings (SSSR count). The van der Waals surface area contributed by atoms with Gasteiger partial charge in [0, 0.05) is 21.8 Å². The highest BCUT2D eigenvalue weighted by molar-refractivity contribution is 9.10. The molecule has 2 aromatic rings. The second-order valence-corrected chi connectivity index (χ2v) is 5.30. The summed E-state index contributed by atoms with van der Waals surface area (Å²) < 4.78 is 0.951. The average Bonchev–Trinajstić information content (AvgIpc) is 2.43. The second kappa shape index (κ2) is 5.92. The minimum Gasteiger partial charge on any atom is -0.366 e. The number of anilines is 2. The summed E-state index contributed by atoms with van der Waals surface area (Å²) in [6.07, 6.45) is 0. The number of hydrogen-bond donors (Lipinski definition) is 2. The number of aryl methyl sites for hydroxylation is 1. The van der Waals surface area contributed by atoms with Crippen molar-refractivity contribution in [1.29, 1.82) is 0 Å². The van der Waals surface area contributed by atoms with Gasteiger partial charge in [0.1, 0.15) is 5.69 Å². The maximum atomic E-state index is 11.1. The second-order valence-electron chi connectivity index (χ2n) is 4.44. The fourth-order valence-corrected chi connectivity index (χ4v) is 2.07. The number of nitrogens with zero attached hydrogens (tertiary/aromatic N) is 1. The number of hydrogen-bond acceptors (Lipinski definition) is 4. The first kappa shape index (κ1) is 15.0. The maximum absolute atomic E-state index is 11.1. The van der Waals surface area contributed by atoms with E-state index in [4.69, 9.17) is 5.73 Å². The zero-order chi connectivity index (χ0) is 15.6. The normalized spacial score (nSPS) is 10.2. The molecule has 0 aromatic heterocycles. The molecule has 0 radical (unpaired) electrons. The molecule has 0 saturated carbocycles. The number of primary amides is 1. The van der Waals surface area contributed by atoms with Crippen LogP contribution in [0.4, 0.5) is 17.1 Å². The Kier molecular flexibility index (Phi) is 4.23. The van der Waals surface area contributed by atoms with Crippen LogP contribution in [0, 0.1) is 17.0 Å². The Hall–Kier alpha value is -2.41. The van der Waals surface area contributed by atoms with Crippen LogP contribution in [-0.2, 0) is 0 Å². The number of benzene rings is 2. The van der Waals surface area contributed by atoms with E-state index in [2.05, 4.69) is 21.2 Å². The lowest BCUT2D eigenvalue weighted by Gasteiger charge is -2.09. The van der Waals surface area contributed by atoms with Gasteiger partial charge in [0.15, 0.2) is 0 Å². The van der Waals surface area contributed by atoms with Crippen molar-refractivity contribution in [3.8, 4) is 0 Å². The first-order valence-electron chi connectivity index (χ1n) is 6.00.